The number of ether oxygens (including phenoxy) is 1. The van der Waals surface area contributed by atoms with Crippen molar-refractivity contribution in [3.8, 4) is 11.5 Å². The molecule has 3 N–H and O–H groups in total. The van der Waals surface area contributed by atoms with E-state index in [0.29, 0.717) is 11.4 Å². The second-order valence-electron chi connectivity index (χ2n) is 3.77. The molecule has 0 aliphatic carbocycles. The van der Waals surface area contributed by atoms with E-state index >= 15 is 0 Å². The zero-order valence-electron chi connectivity index (χ0n) is 10.1. The molecule has 1 aromatic carbocycles. The number of amides is 1. The molecule has 98 valence electrons. The Morgan fingerprint density at radius 1 is 1.32 bits per heavy atom. The van der Waals surface area contributed by atoms with Crippen LogP contribution < -0.4 is 15.6 Å². The number of carbonyl (C=O) groups is 1. The highest BCUT2D eigenvalue weighted by atomic mass is 16.5. The molecule has 1 aromatic heterocycles. The average molecular weight is 260 g/mol. The molecule has 0 saturated carbocycles. The molecule has 0 radical (unpaired) electrons. The SMILES string of the molecule is COc1ccc(NC(=O)c2cccc(=O)[nH]2)cc1O. The van der Waals surface area contributed by atoms with Crippen LogP contribution in [0.3, 0.4) is 0 Å². The Balaban J connectivity index is 2.19. The van der Waals surface area contributed by atoms with Crippen LogP contribution in [0, 0.1) is 0 Å². The van der Waals surface area contributed by atoms with Crippen LogP contribution in [0.2, 0.25) is 0 Å². The summed E-state index contributed by atoms with van der Waals surface area (Å²) in [5.41, 5.74) is 0.182. The number of hydrogen-bond donors (Lipinski definition) is 3. The summed E-state index contributed by atoms with van der Waals surface area (Å²) in [6.07, 6.45) is 0. The number of methoxy groups -OCH3 is 1. The van der Waals surface area contributed by atoms with Gasteiger partial charge in [-0.2, -0.15) is 0 Å². The first-order chi connectivity index (χ1) is 9.10. The number of aromatic amines is 1. The molecule has 1 amide bonds. The van der Waals surface area contributed by atoms with Gasteiger partial charge < -0.3 is 20.1 Å². The molecule has 2 aromatic rings. The van der Waals surface area contributed by atoms with Crippen LogP contribution in [-0.4, -0.2) is 23.1 Å². The van der Waals surface area contributed by atoms with Crippen LogP contribution in [0.1, 0.15) is 10.5 Å². The van der Waals surface area contributed by atoms with E-state index < -0.39 is 5.91 Å². The zero-order chi connectivity index (χ0) is 13.8. The van der Waals surface area contributed by atoms with Crippen LogP contribution in [0.4, 0.5) is 5.69 Å². The van der Waals surface area contributed by atoms with Crippen LogP contribution >= 0.6 is 0 Å². The van der Waals surface area contributed by atoms with E-state index in [0.717, 1.165) is 0 Å². The van der Waals surface area contributed by atoms with Gasteiger partial charge in [0.25, 0.3) is 5.91 Å². The number of aromatic nitrogens is 1. The zero-order valence-corrected chi connectivity index (χ0v) is 10.1. The monoisotopic (exact) mass is 260 g/mol. The first-order valence-electron chi connectivity index (χ1n) is 5.48. The molecule has 0 fully saturated rings. The maximum Gasteiger partial charge on any atom is 0.272 e. The number of hydrogen-bond acceptors (Lipinski definition) is 4. The van der Waals surface area contributed by atoms with Crippen molar-refractivity contribution in [3.05, 3.63) is 52.4 Å². The van der Waals surface area contributed by atoms with Crippen molar-refractivity contribution in [3.63, 3.8) is 0 Å². The van der Waals surface area contributed by atoms with Gasteiger partial charge in [-0.1, -0.05) is 6.07 Å². The first kappa shape index (κ1) is 12.7. The molecule has 2 rings (SSSR count). The molecule has 0 bridgehead atoms. The number of rotatable bonds is 3. The van der Waals surface area contributed by atoms with Crippen molar-refractivity contribution >= 4 is 11.6 Å². The average Bonchev–Trinajstić information content (AvgIpc) is 2.39. The molecule has 6 heteroatoms. The second kappa shape index (κ2) is 5.26. The Labute approximate surface area is 108 Å². The number of H-pyrrole nitrogens is 1. The topological polar surface area (TPSA) is 91.4 Å². The lowest BCUT2D eigenvalue weighted by Gasteiger charge is -2.07. The minimum absolute atomic E-state index is 0.0816. The fraction of sp³-hybridized carbons (Fsp3) is 0.0769. The number of anilines is 1. The molecule has 0 spiro atoms. The summed E-state index contributed by atoms with van der Waals surface area (Å²) in [7, 11) is 1.43. The largest absolute Gasteiger partial charge is 0.504 e. The highest BCUT2D eigenvalue weighted by Gasteiger charge is 2.08. The summed E-state index contributed by atoms with van der Waals surface area (Å²) in [6, 6.07) is 8.75. The summed E-state index contributed by atoms with van der Waals surface area (Å²) in [5.74, 6) is -0.241. The van der Waals surface area contributed by atoms with Gasteiger partial charge in [-0.25, -0.2) is 0 Å². The number of phenols is 1. The van der Waals surface area contributed by atoms with Gasteiger partial charge in [0.05, 0.1) is 7.11 Å². The third-order valence-corrected chi connectivity index (χ3v) is 2.45. The molecule has 0 atom stereocenters. The van der Waals surface area contributed by atoms with Gasteiger partial charge in [0.15, 0.2) is 11.5 Å². The minimum Gasteiger partial charge on any atom is -0.504 e. The summed E-state index contributed by atoms with van der Waals surface area (Å²) >= 11 is 0. The van der Waals surface area contributed by atoms with Crippen molar-refractivity contribution < 1.29 is 14.6 Å². The molecule has 1 heterocycles. The maximum atomic E-state index is 11.8. The number of benzene rings is 1. The van der Waals surface area contributed by atoms with Crippen LogP contribution in [0.15, 0.2) is 41.2 Å². The normalized spacial score (nSPS) is 9.95. The summed E-state index contributed by atoms with van der Waals surface area (Å²) in [4.78, 5) is 25.3. The molecule has 0 unspecified atom stereocenters. The highest BCUT2D eigenvalue weighted by Crippen LogP contribution is 2.28. The lowest BCUT2D eigenvalue weighted by atomic mass is 10.2. The standard InChI is InChI=1S/C13H12N2O4/c1-19-11-6-5-8(7-10(11)16)14-13(18)9-3-2-4-12(17)15-9/h2-7,16H,1H3,(H,14,18)(H,15,17). The van der Waals surface area contributed by atoms with E-state index in [1.165, 1.54) is 37.4 Å². The smallest absolute Gasteiger partial charge is 0.272 e. The highest BCUT2D eigenvalue weighted by molar-refractivity contribution is 6.02. The lowest BCUT2D eigenvalue weighted by Crippen LogP contribution is -2.17. The van der Waals surface area contributed by atoms with Gasteiger partial charge in [-0.05, 0) is 18.2 Å². The predicted molar refractivity (Wildman–Crippen MR) is 69.7 cm³/mol. The van der Waals surface area contributed by atoms with E-state index in [1.807, 2.05) is 0 Å². The third-order valence-electron chi connectivity index (χ3n) is 2.45. The van der Waals surface area contributed by atoms with Gasteiger partial charge >= 0.3 is 0 Å². The fourth-order valence-electron chi connectivity index (χ4n) is 1.55. The van der Waals surface area contributed by atoms with Gasteiger partial charge in [-0.3, -0.25) is 9.59 Å². The summed E-state index contributed by atoms with van der Waals surface area (Å²) < 4.78 is 4.90. The van der Waals surface area contributed by atoms with Crippen LogP contribution in [0.25, 0.3) is 0 Å². The van der Waals surface area contributed by atoms with Crippen LogP contribution in [0.5, 0.6) is 11.5 Å². The van der Waals surface area contributed by atoms with Gasteiger partial charge in [0.2, 0.25) is 5.56 Å². The molecule has 0 aliphatic heterocycles. The van der Waals surface area contributed by atoms with E-state index in [1.54, 1.807) is 6.07 Å². The van der Waals surface area contributed by atoms with Gasteiger partial charge in [-0.15, -0.1) is 0 Å². The minimum atomic E-state index is -0.470. The van der Waals surface area contributed by atoms with E-state index in [9.17, 15) is 14.7 Å². The van der Waals surface area contributed by atoms with Crippen molar-refractivity contribution in [2.45, 2.75) is 0 Å². The molecule has 0 saturated heterocycles. The Bertz CT molecular complexity index is 664. The number of nitrogens with one attached hydrogen (secondary N) is 2. The van der Waals surface area contributed by atoms with Gasteiger partial charge in [0.1, 0.15) is 5.69 Å². The quantitative estimate of drug-likeness (QED) is 0.776. The Hall–Kier alpha value is -2.76. The number of phenolic OH excluding ortho intramolecular Hbond substituents is 1. The first-order valence-corrected chi connectivity index (χ1v) is 5.48. The lowest BCUT2D eigenvalue weighted by molar-refractivity contribution is 0.102. The number of pyridine rings is 1. The van der Waals surface area contributed by atoms with E-state index in [4.69, 9.17) is 4.74 Å². The summed E-state index contributed by atoms with van der Waals surface area (Å²) in [5, 5.41) is 12.1. The van der Waals surface area contributed by atoms with E-state index in [2.05, 4.69) is 10.3 Å². The maximum absolute atomic E-state index is 11.8. The van der Waals surface area contributed by atoms with Crippen molar-refractivity contribution in [1.29, 1.82) is 0 Å². The molecular weight excluding hydrogens is 248 g/mol. The van der Waals surface area contributed by atoms with Crippen molar-refractivity contribution in [2.75, 3.05) is 12.4 Å². The Kier molecular flexibility index (Phi) is 3.51. The van der Waals surface area contributed by atoms with Crippen molar-refractivity contribution in [2.24, 2.45) is 0 Å². The molecule has 19 heavy (non-hydrogen) atoms. The number of carbonyl (C=O) groups excluding carboxylic acids is 1. The molecular formula is C13H12N2O4. The fourth-order valence-corrected chi connectivity index (χ4v) is 1.55. The van der Waals surface area contributed by atoms with Crippen LogP contribution in [-0.2, 0) is 0 Å². The molecule has 0 aliphatic rings. The van der Waals surface area contributed by atoms with Gasteiger partial charge in [0, 0.05) is 17.8 Å². The number of aromatic hydroxyl groups is 1. The Morgan fingerprint density at radius 2 is 2.11 bits per heavy atom. The molecule has 6 nitrogen and oxygen atoms in total. The summed E-state index contributed by atoms with van der Waals surface area (Å²) in [6.45, 7) is 0. The third kappa shape index (κ3) is 2.92. The predicted octanol–water partition coefficient (Wildman–Crippen LogP) is 1.34. The second-order valence-corrected chi connectivity index (χ2v) is 3.77. The van der Waals surface area contributed by atoms with E-state index in [-0.39, 0.29) is 17.0 Å². The van der Waals surface area contributed by atoms with Crippen molar-refractivity contribution in [1.82, 2.24) is 4.98 Å². The Morgan fingerprint density at radius 3 is 2.74 bits per heavy atom.